The van der Waals surface area contributed by atoms with Gasteiger partial charge in [0.05, 0.1) is 25.4 Å². The first kappa shape index (κ1) is 80.6. The summed E-state index contributed by atoms with van der Waals surface area (Å²) in [7, 11) is 0. The molecule has 2 atom stereocenters. The maximum Gasteiger partial charge on any atom is 0.305 e. The van der Waals surface area contributed by atoms with Crippen molar-refractivity contribution in [3.8, 4) is 0 Å². The third-order valence-electron chi connectivity index (χ3n) is 18.1. The smallest absolute Gasteiger partial charge is 0.305 e. The number of unbranched alkanes of at least 4 members (excludes halogenated alkanes) is 61. The number of allylic oxidation sites excluding steroid dienone is 1. The van der Waals surface area contributed by atoms with E-state index >= 15 is 0 Å². The first-order valence-corrected chi connectivity index (χ1v) is 38.0. The maximum absolute atomic E-state index is 12.5. The van der Waals surface area contributed by atoms with Gasteiger partial charge in [-0.05, 0) is 32.1 Å². The van der Waals surface area contributed by atoms with E-state index in [4.69, 9.17) is 4.74 Å². The van der Waals surface area contributed by atoms with Gasteiger partial charge in [-0.1, -0.05) is 405 Å². The lowest BCUT2D eigenvalue weighted by Gasteiger charge is -2.20. The first-order chi connectivity index (χ1) is 40.5. The molecular weight excluding hydrogens is 1010 g/mol. The minimum absolute atomic E-state index is 0.0230. The molecule has 6 nitrogen and oxygen atoms in total. The maximum atomic E-state index is 12.5. The van der Waals surface area contributed by atoms with Crippen molar-refractivity contribution in [3.63, 3.8) is 0 Å². The molecule has 0 fully saturated rings. The Labute approximate surface area is 514 Å². The molecule has 0 aliphatic carbocycles. The Hall–Kier alpha value is -1.40. The minimum Gasteiger partial charge on any atom is -0.466 e. The second-order valence-electron chi connectivity index (χ2n) is 26.4. The lowest BCUT2D eigenvalue weighted by Crippen LogP contribution is -2.45. The second kappa shape index (κ2) is 72.1. The lowest BCUT2D eigenvalue weighted by atomic mass is 10.0. The zero-order valence-corrected chi connectivity index (χ0v) is 56.0. The molecule has 0 aliphatic rings. The highest BCUT2D eigenvalue weighted by Crippen LogP contribution is 2.20. The number of nitrogens with one attached hydrogen (secondary N) is 1. The van der Waals surface area contributed by atoms with Crippen molar-refractivity contribution in [2.24, 2.45) is 0 Å². The number of aliphatic hydroxyl groups is 2. The molecule has 0 aromatic rings. The molecule has 0 radical (unpaired) electrons. The van der Waals surface area contributed by atoms with Crippen LogP contribution in [-0.4, -0.2) is 47.4 Å². The summed E-state index contributed by atoms with van der Waals surface area (Å²) in [5.41, 5.74) is 0. The number of hydrogen-bond acceptors (Lipinski definition) is 5. The van der Waals surface area contributed by atoms with Gasteiger partial charge in [-0.25, -0.2) is 0 Å². The third kappa shape index (κ3) is 67.7. The summed E-state index contributed by atoms with van der Waals surface area (Å²) in [4.78, 5) is 24.5. The molecule has 2 unspecified atom stereocenters. The predicted octanol–water partition coefficient (Wildman–Crippen LogP) is 24.7. The van der Waals surface area contributed by atoms with Crippen molar-refractivity contribution in [2.75, 3.05) is 13.2 Å². The highest BCUT2D eigenvalue weighted by Gasteiger charge is 2.18. The van der Waals surface area contributed by atoms with Crippen molar-refractivity contribution in [2.45, 2.75) is 450 Å². The molecule has 1 amide bonds. The summed E-state index contributed by atoms with van der Waals surface area (Å²) in [6.07, 6.45) is 90.4. The fraction of sp³-hybridized carbons (Fsp3) is 0.947. The van der Waals surface area contributed by atoms with Crippen molar-refractivity contribution in [1.29, 1.82) is 0 Å². The molecule has 0 aliphatic heterocycles. The molecule has 0 aromatic carbocycles. The number of carbonyl (C=O) groups excluding carboxylic acids is 2. The van der Waals surface area contributed by atoms with E-state index in [0.717, 1.165) is 38.5 Å². The van der Waals surface area contributed by atoms with Gasteiger partial charge in [-0.3, -0.25) is 9.59 Å². The van der Waals surface area contributed by atoms with Crippen molar-refractivity contribution in [1.82, 2.24) is 5.32 Å². The zero-order valence-electron chi connectivity index (χ0n) is 56.0. The quantitative estimate of drug-likeness (QED) is 0.0320. The highest BCUT2D eigenvalue weighted by molar-refractivity contribution is 5.76. The average molecular weight is 1160 g/mol. The van der Waals surface area contributed by atoms with Crippen molar-refractivity contribution >= 4 is 11.9 Å². The highest BCUT2D eigenvalue weighted by atomic mass is 16.5. The fourth-order valence-corrected chi connectivity index (χ4v) is 12.3. The number of hydrogen-bond donors (Lipinski definition) is 3. The van der Waals surface area contributed by atoms with Crippen LogP contribution in [0.3, 0.4) is 0 Å². The number of rotatable bonds is 72. The molecule has 488 valence electrons. The monoisotopic (exact) mass is 1160 g/mol. The van der Waals surface area contributed by atoms with E-state index in [9.17, 15) is 19.8 Å². The van der Waals surface area contributed by atoms with Crippen LogP contribution in [0.15, 0.2) is 12.2 Å². The zero-order chi connectivity index (χ0) is 59.2. The van der Waals surface area contributed by atoms with Gasteiger partial charge < -0.3 is 20.3 Å². The lowest BCUT2D eigenvalue weighted by molar-refractivity contribution is -0.143. The molecule has 0 heterocycles. The molecule has 0 bridgehead atoms. The molecule has 0 spiro atoms. The third-order valence-corrected chi connectivity index (χ3v) is 18.1. The Bertz CT molecular complexity index is 1240. The van der Waals surface area contributed by atoms with Gasteiger partial charge in [0.25, 0.3) is 0 Å². The topological polar surface area (TPSA) is 95.9 Å². The summed E-state index contributed by atoms with van der Waals surface area (Å²) in [6.45, 7) is 4.95. The van der Waals surface area contributed by atoms with Gasteiger partial charge in [-0.15, -0.1) is 0 Å². The van der Waals surface area contributed by atoms with Gasteiger partial charge in [0.2, 0.25) is 5.91 Å². The van der Waals surface area contributed by atoms with Crippen LogP contribution in [0.25, 0.3) is 0 Å². The largest absolute Gasteiger partial charge is 0.466 e. The minimum atomic E-state index is -0.841. The summed E-state index contributed by atoms with van der Waals surface area (Å²) in [5.74, 6) is -0.0351. The first-order valence-electron chi connectivity index (χ1n) is 38.0. The summed E-state index contributed by atoms with van der Waals surface area (Å²) in [6, 6.07) is -0.624. The Morgan fingerprint density at radius 2 is 0.561 bits per heavy atom. The predicted molar refractivity (Wildman–Crippen MR) is 361 cm³/mol. The average Bonchev–Trinajstić information content (AvgIpc) is 3.48. The van der Waals surface area contributed by atoms with Crippen molar-refractivity contribution < 1.29 is 24.5 Å². The molecular formula is C76H149NO5. The summed E-state index contributed by atoms with van der Waals surface area (Å²) < 4.78 is 5.48. The summed E-state index contributed by atoms with van der Waals surface area (Å²) >= 11 is 0. The van der Waals surface area contributed by atoms with E-state index in [0.29, 0.717) is 19.4 Å². The van der Waals surface area contributed by atoms with Crippen LogP contribution in [-0.2, 0) is 14.3 Å². The van der Waals surface area contributed by atoms with E-state index < -0.39 is 12.1 Å². The fourth-order valence-electron chi connectivity index (χ4n) is 12.3. The van der Waals surface area contributed by atoms with E-state index in [1.807, 2.05) is 6.08 Å². The van der Waals surface area contributed by atoms with Gasteiger partial charge in [-0.2, -0.15) is 0 Å². The standard InChI is InChI=1S/C76H149NO5/c1-3-5-7-9-11-13-15-16-17-18-36-39-42-45-49-52-56-60-64-68-74(79)73(72-78)77-75(80)69-65-61-57-53-50-46-43-40-37-34-32-30-28-26-24-22-20-19-21-23-25-27-29-31-33-35-38-41-44-47-51-55-59-63-67-71-82-76(81)70-66-62-58-54-48-14-12-10-8-6-4-2/h64,68,73-74,78-79H,3-63,65-67,69-72H2,1-2H3,(H,77,80)/b68-64+. The normalized spacial score (nSPS) is 12.5. The van der Waals surface area contributed by atoms with Crippen LogP contribution in [0, 0.1) is 0 Å². The van der Waals surface area contributed by atoms with Gasteiger partial charge in [0.15, 0.2) is 0 Å². The Morgan fingerprint density at radius 1 is 0.329 bits per heavy atom. The van der Waals surface area contributed by atoms with Crippen LogP contribution in [0.1, 0.15) is 438 Å². The van der Waals surface area contributed by atoms with E-state index in [1.54, 1.807) is 6.08 Å². The van der Waals surface area contributed by atoms with Crippen LogP contribution in [0.5, 0.6) is 0 Å². The summed E-state index contributed by atoms with van der Waals surface area (Å²) in [5, 5.41) is 23.3. The van der Waals surface area contributed by atoms with Crippen LogP contribution in [0.4, 0.5) is 0 Å². The van der Waals surface area contributed by atoms with Gasteiger partial charge >= 0.3 is 5.97 Å². The van der Waals surface area contributed by atoms with E-state index in [-0.39, 0.29) is 18.5 Å². The molecule has 0 saturated carbocycles. The van der Waals surface area contributed by atoms with Crippen LogP contribution < -0.4 is 5.32 Å². The number of ether oxygens (including phenoxy) is 1. The Balaban J connectivity index is 3.33. The number of amides is 1. The second-order valence-corrected chi connectivity index (χ2v) is 26.4. The molecule has 3 N–H and O–H groups in total. The van der Waals surface area contributed by atoms with Gasteiger partial charge in [0.1, 0.15) is 0 Å². The SMILES string of the molecule is CCCCCCCCCCCCCCCCCCC/C=C/C(O)C(CO)NC(=O)CCCCCCCCCCCCCCCCCCCCCCCCCCCCCCCCCCCCCOC(=O)CCCCCCCCCCCCC. The molecule has 0 aromatic heterocycles. The number of carbonyl (C=O) groups is 2. The molecule has 6 heteroatoms. The Kier molecular flexibility index (Phi) is 70.8. The van der Waals surface area contributed by atoms with Crippen LogP contribution in [0.2, 0.25) is 0 Å². The Morgan fingerprint density at radius 3 is 0.829 bits per heavy atom. The van der Waals surface area contributed by atoms with Gasteiger partial charge in [0, 0.05) is 12.8 Å². The van der Waals surface area contributed by atoms with E-state index in [2.05, 4.69) is 19.2 Å². The van der Waals surface area contributed by atoms with Crippen LogP contribution >= 0.6 is 0 Å². The number of aliphatic hydroxyl groups excluding tert-OH is 2. The number of esters is 1. The van der Waals surface area contributed by atoms with E-state index in [1.165, 1.54) is 372 Å². The molecule has 82 heavy (non-hydrogen) atoms. The molecule has 0 rings (SSSR count). The van der Waals surface area contributed by atoms with Crippen molar-refractivity contribution in [3.05, 3.63) is 12.2 Å². The molecule has 0 saturated heterocycles.